The number of hydrogen-bond acceptors (Lipinski definition) is 15. The highest BCUT2D eigenvalue weighted by molar-refractivity contribution is 5.99. The van der Waals surface area contributed by atoms with E-state index in [9.17, 15) is 63.0 Å². The number of aliphatic carboxylic acids is 1. The Morgan fingerprint density at radius 1 is 0.644 bits per heavy atom. The van der Waals surface area contributed by atoms with Crippen molar-refractivity contribution in [1.29, 1.82) is 0 Å². The minimum absolute atomic E-state index is 0.00848. The summed E-state index contributed by atoms with van der Waals surface area (Å²) in [6.07, 6.45) is 2.16. The second kappa shape index (κ2) is 35.4. The maximum atomic E-state index is 14.8. The van der Waals surface area contributed by atoms with E-state index in [4.69, 9.17) is 17.2 Å². The van der Waals surface area contributed by atoms with Gasteiger partial charge in [-0.1, -0.05) is 109 Å². The summed E-state index contributed by atoms with van der Waals surface area (Å²) in [5.41, 5.74) is 19.3. The molecule has 0 bridgehead atoms. The number of likely N-dealkylation sites (tertiary alicyclic amines) is 1. The van der Waals surface area contributed by atoms with E-state index >= 15 is 0 Å². The van der Waals surface area contributed by atoms with E-state index in [2.05, 4.69) is 52.5 Å². The Labute approximate surface area is 507 Å². The maximum absolute atomic E-state index is 14.8. The Hall–Kier alpha value is -8.30. The van der Waals surface area contributed by atoms with E-state index in [1.54, 1.807) is 58.0 Å². The summed E-state index contributed by atoms with van der Waals surface area (Å²) >= 11 is 0. The lowest BCUT2D eigenvalue weighted by Crippen LogP contribution is -2.62. The van der Waals surface area contributed by atoms with Crippen LogP contribution < -0.4 is 59.7 Å². The Morgan fingerprint density at radius 2 is 1.18 bits per heavy atom. The number of hydrogen-bond donors (Lipinski definition) is 14. The molecule has 1 fully saturated rings. The summed E-state index contributed by atoms with van der Waals surface area (Å²) in [6, 6.07) is 4.22. The van der Waals surface area contributed by atoms with Crippen molar-refractivity contribution in [2.45, 2.75) is 186 Å². The monoisotopic (exact) mass is 1210 g/mol. The Bertz CT molecular complexity index is 2770. The molecule has 3 aromatic rings. The van der Waals surface area contributed by atoms with Crippen LogP contribution in [0.2, 0.25) is 0 Å². The van der Waals surface area contributed by atoms with Gasteiger partial charge < -0.3 is 79.8 Å². The molecule has 1 saturated heterocycles. The lowest BCUT2D eigenvalue weighted by atomic mass is 9.96. The van der Waals surface area contributed by atoms with Gasteiger partial charge in [-0.05, 0) is 87.3 Å². The van der Waals surface area contributed by atoms with Gasteiger partial charge in [0, 0.05) is 31.3 Å². The zero-order chi connectivity index (χ0) is 64.5. The minimum Gasteiger partial charge on any atom is -0.480 e. The van der Waals surface area contributed by atoms with E-state index in [-0.39, 0.29) is 57.5 Å². The molecule has 478 valence electrons. The number of unbranched alkanes of at least 4 members (excludes halogenated alkanes) is 1. The van der Waals surface area contributed by atoms with Crippen LogP contribution in [0.25, 0.3) is 0 Å². The molecule has 27 nitrogen and oxygen atoms in total. The van der Waals surface area contributed by atoms with Crippen LogP contribution in [0.5, 0.6) is 0 Å². The van der Waals surface area contributed by atoms with Crippen LogP contribution in [-0.4, -0.2) is 170 Å². The molecule has 0 saturated carbocycles. The predicted molar refractivity (Wildman–Crippen MR) is 321 cm³/mol. The molecule has 1 aliphatic rings. The fourth-order valence-electron chi connectivity index (χ4n) is 9.94. The van der Waals surface area contributed by atoms with Crippen LogP contribution in [-0.2, 0) is 72.0 Å². The first-order valence-electron chi connectivity index (χ1n) is 29.7. The lowest BCUT2D eigenvalue weighted by Gasteiger charge is -2.31. The largest absolute Gasteiger partial charge is 0.480 e. The van der Waals surface area contributed by atoms with Crippen LogP contribution >= 0.6 is 0 Å². The molecule has 1 aromatic heterocycles. The number of imidazole rings is 1. The van der Waals surface area contributed by atoms with Crippen molar-refractivity contribution in [2.75, 3.05) is 13.1 Å². The number of nitrogens with zero attached hydrogens (tertiary/aromatic N) is 2. The molecule has 2 aromatic carbocycles. The normalized spacial score (nSPS) is 16.9. The first-order valence-corrected chi connectivity index (χ1v) is 29.7. The molecule has 17 N–H and O–H groups in total. The SMILES string of the molecule is CC[C@H](C)[C@H](NC(=O)[C@H](CCCCN)NC(=O)[C@@H](NC(=O)[C@H](CC(C)C)NC(=O)[C@@H](N)Cc1ccccc1)[C@@H](C)O)C(=O)N[C@@H](Cc1ccccc1)C(=O)N[C@@H](Cc1cnc[nH]1)C(=O)N1CCC[C@H]1C(=O)N[C@@H](CC(N)=O)C(=O)N[C@H](C(=O)O)C(C)C. The summed E-state index contributed by atoms with van der Waals surface area (Å²) in [5.74, 6) is -10.9. The van der Waals surface area contributed by atoms with Gasteiger partial charge in [-0.2, -0.15) is 0 Å². The third-order valence-corrected chi connectivity index (χ3v) is 15.0. The highest BCUT2D eigenvalue weighted by Crippen LogP contribution is 2.21. The van der Waals surface area contributed by atoms with E-state index in [0.717, 1.165) is 5.56 Å². The molecule has 87 heavy (non-hydrogen) atoms. The summed E-state index contributed by atoms with van der Waals surface area (Å²) in [6.45, 7) is 11.8. The third-order valence-electron chi connectivity index (χ3n) is 15.0. The number of aromatic nitrogens is 2. The zero-order valence-corrected chi connectivity index (χ0v) is 50.7. The Kier molecular flexibility index (Phi) is 28.9. The van der Waals surface area contributed by atoms with Gasteiger partial charge >= 0.3 is 5.97 Å². The molecule has 27 heteroatoms. The number of aromatic amines is 1. The van der Waals surface area contributed by atoms with E-state index in [0.29, 0.717) is 36.9 Å². The van der Waals surface area contributed by atoms with Crippen molar-refractivity contribution in [3.05, 3.63) is 90.0 Å². The van der Waals surface area contributed by atoms with Gasteiger partial charge in [-0.25, -0.2) is 9.78 Å². The van der Waals surface area contributed by atoms with E-state index in [1.807, 2.05) is 44.2 Å². The number of benzene rings is 2. The standard InChI is InChI=1S/C60H90N14O13/c1-8-35(6)49(72-52(78)41(22-15-16-24-61)66-58(84)50(36(7)75)73-54(80)42(26-33(2)3)67-51(77)40(62)27-37-18-11-9-12-19-37)57(83)69-43(28-38-20-13-10-14-21-38)53(79)70-45(29-39-31-64-32-65-39)59(85)74-25-17-23-46(74)56(82)68-44(30-47(63)76)55(81)71-48(34(4)5)60(86)87/h9-14,18-21,31-36,40-46,48-50,75H,8,15-17,22-30,61-62H2,1-7H3,(H2,63,76)(H,64,65)(H,66,84)(H,67,77)(H,68,82)(H,69,83)(H,70,79)(H,71,81)(H,72,78)(H,73,80)(H,86,87)/t35-,36+,40-,41-,42-,43-,44-,45-,46-,48-,49-,50-/m0/s1. The summed E-state index contributed by atoms with van der Waals surface area (Å²) in [4.78, 5) is 160. The average molecular weight is 1220 g/mol. The Balaban J connectivity index is 1.59. The molecule has 2 heterocycles. The molecule has 12 atom stereocenters. The quantitative estimate of drug-likeness (QED) is 0.0306. The molecule has 0 spiro atoms. The number of nitrogens with two attached hydrogens (primary N) is 3. The smallest absolute Gasteiger partial charge is 0.326 e. The van der Waals surface area contributed by atoms with Crippen molar-refractivity contribution in [1.82, 2.24) is 57.4 Å². The summed E-state index contributed by atoms with van der Waals surface area (Å²) in [5, 5.41) is 41.7. The van der Waals surface area contributed by atoms with Gasteiger partial charge in [-0.3, -0.25) is 47.9 Å². The van der Waals surface area contributed by atoms with Crippen molar-refractivity contribution < 1.29 is 63.0 Å². The number of carboxylic acids is 1. The number of H-pyrrole nitrogens is 1. The maximum Gasteiger partial charge on any atom is 0.326 e. The fraction of sp³-hybridized carbons (Fsp3) is 0.567. The third kappa shape index (κ3) is 22.8. The number of amides is 10. The van der Waals surface area contributed by atoms with Crippen LogP contribution in [0.15, 0.2) is 73.2 Å². The van der Waals surface area contributed by atoms with Crippen molar-refractivity contribution in [2.24, 2.45) is 35.0 Å². The number of carbonyl (C=O) groups excluding carboxylic acids is 10. The van der Waals surface area contributed by atoms with Gasteiger partial charge in [0.25, 0.3) is 0 Å². The van der Waals surface area contributed by atoms with Crippen LogP contribution in [0.4, 0.5) is 0 Å². The number of aliphatic hydroxyl groups excluding tert-OH is 1. The van der Waals surface area contributed by atoms with E-state index < -0.39 is 150 Å². The van der Waals surface area contributed by atoms with Crippen LogP contribution in [0.3, 0.4) is 0 Å². The predicted octanol–water partition coefficient (Wildman–Crippen LogP) is -1.15. The zero-order valence-electron chi connectivity index (χ0n) is 50.7. The Morgan fingerprint density at radius 3 is 1.74 bits per heavy atom. The number of carboxylic acid groups (broad SMARTS) is 1. The number of primary amides is 1. The number of carbonyl (C=O) groups is 11. The van der Waals surface area contributed by atoms with Crippen LogP contribution in [0, 0.1) is 17.8 Å². The minimum atomic E-state index is -1.63. The first-order chi connectivity index (χ1) is 41.2. The average Bonchev–Trinajstić information content (AvgIpc) is 2.28. The molecular formula is C60H90N14O13. The van der Waals surface area contributed by atoms with Gasteiger partial charge in [0.15, 0.2) is 0 Å². The second-order valence-corrected chi connectivity index (χ2v) is 23.0. The summed E-state index contributed by atoms with van der Waals surface area (Å²) in [7, 11) is 0. The van der Waals surface area contributed by atoms with Gasteiger partial charge in [0.1, 0.15) is 54.4 Å². The molecular weight excluding hydrogens is 1120 g/mol. The molecule has 10 amide bonds. The number of nitrogens with one attached hydrogen (secondary N) is 9. The summed E-state index contributed by atoms with van der Waals surface area (Å²) < 4.78 is 0. The molecule has 0 aliphatic carbocycles. The van der Waals surface area contributed by atoms with Gasteiger partial charge in [0.2, 0.25) is 59.1 Å². The molecule has 1 aliphatic heterocycles. The van der Waals surface area contributed by atoms with Gasteiger partial charge in [0.05, 0.1) is 24.9 Å². The van der Waals surface area contributed by atoms with Crippen molar-refractivity contribution in [3.63, 3.8) is 0 Å². The van der Waals surface area contributed by atoms with E-state index in [1.165, 1.54) is 24.3 Å². The molecule has 0 radical (unpaired) electrons. The topological polar surface area (TPSA) is 434 Å². The highest BCUT2D eigenvalue weighted by Gasteiger charge is 2.42. The number of rotatable bonds is 36. The second-order valence-electron chi connectivity index (χ2n) is 23.0. The van der Waals surface area contributed by atoms with Crippen molar-refractivity contribution >= 4 is 65.0 Å². The fourth-order valence-corrected chi connectivity index (χ4v) is 9.94. The number of aliphatic hydroxyl groups is 1. The highest BCUT2D eigenvalue weighted by atomic mass is 16.4. The van der Waals surface area contributed by atoms with Gasteiger partial charge in [-0.15, -0.1) is 0 Å². The first kappa shape index (κ1) is 71.2. The molecule has 4 rings (SSSR count). The van der Waals surface area contributed by atoms with Crippen LogP contribution in [0.1, 0.15) is 117 Å². The lowest BCUT2D eigenvalue weighted by molar-refractivity contribution is -0.144. The molecule has 0 unspecified atom stereocenters. The van der Waals surface area contributed by atoms with Crippen molar-refractivity contribution in [3.8, 4) is 0 Å².